The Morgan fingerprint density at radius 2 is 1.65 bits per heavy atom. The summed E-state index contributed by atoms with van der Waals surface area (Å²) in [7, 11) is 0.0581. The Labute approximate surface area is 155 Å². The number of esters is 1. The first-order valence-corrected chi connectivity index (χ1v) is 9.90. The van der Waals surface area contributed by atoms with Gasteiger partial charge in [0.15, 0.2) is 9.84 Å². The minimum Gasteiger partial charge on any atom is -0.457 e. The van der Waals surface area contributed by atoms with Gasteiger partial charge >= 0.3 is 5.97 Å². The van der Waals surface area contributed by atoms with Gasteiger partial charge in [0.2, 0.25) is 0 Å². The molecule has 5 nitrogen and oxygen atoms in total. The second-order valence-electron chi connectivity index (χ2n) is 7.39. The zero-order valence-electron chi connectivity index (χ0n) is 15.9. The van der Waals surface area contributed by atoms with E-state index in [0.29, 0.717) is 5.39 Å². The Bertz CT molecular complexity index is 953. The van der Waals surface area contributed by atoms with Crippen LogP contribution in [0.5, 0.6) is 0 Å². The maximum absolute atomic E-state index is 12.9. The van der Waals surface area contributed by atoms with Crippen molar-refractivity contribution in [2.75, 3.05) is 24.7 Å². The lowest BCUT2D eigenvalue weighted by Crippen LogP contribution is -2.26. The third kappa shape index (κ3) is 4.43. The molecular formula is C20H25NO4S. The quantitative estimate of drug-likeness (QED) is 0.590. The van der Waals surface area contributed by atoms with Crippen molar-refractivity contribution in [2.24, 2.45) is 0 Å². The van der Waals surface area contributed by atoms with Crippen molar-refractivity contribution in [3.8, 4) is 0 Å². The molecule has 0 aliphatic rings. The van der Waals surface area contributed by atoms with E-state index in [1.165, 1.54) is 0 Å². The number of ether oxygens (including phenoxy) is 1. The van der Waals surface area contributed by atoms with Gasteiger partial charge in [-0.2, -0.15) is 0 Å². The number of fused-ring (bicyclic) bond motifs is 1. The van der Waals surface area contributed by atoms with E-state index in [1.54, 1.807) is 39.0 Å². The molecule has 0 heterocycles. The summed E-state index contributed by atoms with van der Waals surface area (Å²) in [5, 5.41) is 1.46. The lowest BCUT2D eigenvalue weighted by atomic mass is 10.1. The Kier molecular flexibility index (Phi) is 5.47. The number of hydrogen-bond acceptors (Lipinski definition) is 5. The second kappa shape index (κ2) is 7.11. The molecule has 0 atom stereocenters. The molecule has 0 radical (unpaired) electrons. The first kappa shape index (κ1) is 20.0. The summed E-state index contributed by atoms with van der Waals surface area (Å²) < 4.78 is 31.1. The maximum atomic E-state index is 12.9. The first-order chi connectivity index (χ1) is 11.9. The van der Waals surface area contributed by atoms with Gasteiger partial charge < -0.3 is 9.64 Å². The van der Waals surface area contributed by atoms with Crippen molar-refractivity contribution < 1.29 is 17.9 Å². The fourth-order valence-electron chi connectivity index (χ4n) is 2.64. The van der Waals surface area contributed by atoms with E-state index in [4.69, 9.17) is 4.74 Å². The fraction of sp³-hybridized carbons (Fsp3) is 0.350. The van der Waals surface area contributed by atoms with Crippen LogP contribution in [0.25, 0.3) is 10.8 Å². The van der Waals surface area contributed by atoms with Gasteiger partial charge in [-0.05, 0) is 32.9 Å². The Balaban J connectivity index is 2.43. The maximum Gasteiger partial charge on any atom is 0.334 e. The molecule has 0 N–H and O–H groups in total. The van der Waals surface area contributed by atoms with Gasteiger partial charge in [0.25, 0.3) is 0 Å². The zero-order chi connectivity index (χ0) is 19.7. The van der Waals surface area contributed by atoms with Crippen LogP contribution in [0.3, 0.4) is 0 Å². The largest absolute Gasteiger partial charge is 0.457 e. The molecule has 0 aromatic heterocycles. The number of rotatable bonds is 5. The van der Waals surface area contributed by atoms with Gasteiger partial charge in [-0.15, -0.1) is 0 Å². The lowest BCUT2D eigenvalue weighted by molar-refractivity contribution is -0.149. The minimum atomic E-state index is -3.75. The SMILES string of the molecule is C=C(CS(=O)(=O)c1cccc2c(N(C)C)cccc12)C(=O)OC(C)(C)C. The molecule has 0 spiro atoms. The molecule has 2 rings (SSSR count). The number of anilines is 1. The Morgan fingerprint density at radius 1 is 1.08 bits per heavy atom. The molecule has 0 fully saturated rings. The lowest BCUT2D eigenvalue weighted by Gasteiger charge is -2.20. The van der Waals surface area contributed by atoms with Crippen molar-refractivity contribution in [1.82, 2.24) is 0 Å². The second-order valence-corrected chi connectivity index (χ2v) is 9.35. The summed E-state index contributed by atoms with van der Waals surface area (Å²) in [6.07, 6.45) is 0. The average molecular weight is 375 g/mol. The van der Waals surface area contributed by atoms with E-state index in [-0.39, 0.29) is 10.5 Å². The normalized spacial score (nSPS) is 12.0. The Hall–Kier alpha value is -2.34. The summed E-state index contributed by atoms with van der Waals surface area (Å²) in [5.74, 6) is -1.18. The standard InChI is InChI=1S/C20H25NO4S/c1-14(19(22)25-20(2,3)4)13-26(23,24)18-12-8-9-15-16(18)10-7-11-17(15)21(5)6/h7-12H,1,13H2,2-6H3. The summed E-state index contributed by atoms with van der Waals surface area (Å²) in [6.45, 7) is 8.78. The third-order valence-corrected chi connectivity index (χ3v) is 5.48. The molecule has 0 aliphatic heterocycles. The predicted molar refractivity (Wildman–Crippen MR) is 105 cm³/mol. The minimum absolute atomic E-state index is 0.0827. The van der Waals surface area contributed by atoms with Crippen molar-refractivity contribution in [2.45, 2.75) is 31.3 Å². The highest BCUT2D eigenvalue weighted by Gasteiger charge is 2.25. The van der Waals surface area contributed by atoms with Gasteiger partial charge in [0, 0.05) is 36.1 Å². The van der Waals surface area contributed by atoms with Gasteiger partial charge in [0.05, 0.1) is 10.6 Å². The summed E-state index contributed by atoms with van der Waals surface area (Å²) in [4.78, 5) is 14.2. The number of nitrogens with zero attached hydrogens (tertiary/aromatic N) is 1. The average Bonchev–Trinajstić information content (AvgIpc) is 2.51. The van der Waals surface area contributed by atoms with Crippen molar-refractivity contribution in [1.29, 1.82) is 0 Å². The van der Waals surface area contributed by atoms with Crippen LogP contribution in [0.4, 0.5) is 5.69 Å². The van der Waals surface area contributed by atoms with Crippen LogP contribution in [0.1, 0.15) is 20.8 Å². The van der Waals surface area contributed by atoms with Crippen molar-refractivity contribution in [3.05, 3.63) is 48.6 Å². The number of sulfone groups is 1. The zero-order valence-corrected chi connectivity index (χ0v) is 16.7. The fourth-order valence-corrected chi connectivity index (χ4v) is 4.17. The summed E-state index contributed by atoms with van der Waals surface area (Å²) >= 11 is 0. The molecule has 0 saturated carbocycles. The number of benzene rings is 2. The van der Waals surface area contributed by atoms with Crippen LogP contribution < -0.4 is 4.90 Å². The van der Waals surface area contributed by atoms with Gasteiger partial charge in [-0.3, -0.25) is 0 Å². The highest BCUT2D eigenvalue weighted by atomic mass is 32.2. The van der Waals surface area contributed by atoms with E-state index >= 15 is 0 Å². The van der Waals surface area contributed by atoms with Crippen LogP contribution in [0, 0.1) is 0 Å². The Morgan fingerprint density at radius 3 is 2.23 bits per heavy atom. The molecule has 0 unspecified atom stereocenters. The molecular weight excluding hydrogens is 350 g/mol. The van der Waals surface area contributed by atoms with Crippen LogP contribution in [-0.2, 0) is 19.4 Å². The molecule has 2 aromatic carbocycles. The van der Waals surface area contributed by atoms with E-state index in [0.717, 1.165) is 11.1 Å². The predicted octanol–water partition coefficient (Wildman–Crippen LogP) is 3.58. The number of hydrogen-bond donors (Lipinski definition) is 0. The molecule has 6 heteroatoms. The van der Waals surface area contributed by atoms with Crippen LogP contribution in [-0.4, -0.2) is 39.8 Å². The van der Waals surface area contributed by atoms with E-state index in [2.05, 4.69) is 6.58 Å². The molecule has 0 saturated heterocycles. The van der Waals surface area contributed by atoms with E-state index < -0.39 is 27.2 Å². The van der Waals surface area contributed by atoms with Gasteiger partial charge in [-0.1, -0.05) is 30.8 Å². The van der Waals surface area contributed by atoms with Crippen molar-refractivity contribution >= 4 is 32.3 Å². The molecule has 0 bridgehead atoms. The number of carbonyl (C=O) groups excluding carboxylic acids is 1. The summed E-state index contributed by atoms with van der Waals surface area (Å²) in [6, 6.07) is 10.7. The molecule has 26 heavy (non-hydrogen) atoms. The van der Waals surface area contributed by atoms with Crippen LogP contribution in [0.15, 0.2) is 53.4 Å². The third-order valence-electron chi connectivity index (χ3n) is 3.73. The van der Waals surface area contributed by atoms with Crippen LogP contribution in [0.2, 0.25) is 0 Å². The molecule has 2 aromatic rings. The summed E-state index contributed by atoms with van der Waals surface area (Å²) in [5.41, 5.74) is 0.135. The molecule has 0 amide bonds. The smallest absolute Gasteiger partial charge is 0.334 e. The van der Waals surface area contributed by atoms with Crippen LogP contribution >= 0.6 is 0 Å². The first-order valence-electron chi connectivity index (χ1n) is 8.25. The highest BCUT2D eigenvalue weighted by molar-refractivity contribution is 7.91. The topological polar surface area (TPSA) is 63.7 Å². The monoisotopic (exact) mass is 375 g/mol. The highest BCUT2D eigenvalue weighted by Crippen LogP contribution is 2.31. The van der Waals surface area contributed by atoms with Gasteiger partial charge in [-0.25, -0.2) is 13.2 Å². The van der Waals surface area contributed by atoms with E-state index in [1.807, 2.05) is 37.2 Å². The van der Waals surface area contributed by atoms with Crippen molar-refractivity contribution in [3.63, 3.8) is 0 Å². The van der Waals surface area contributed by atoms with E-state index in [9.17, 15) is 13.2 Å². The molecule has 0 aliphatic carbocycles. The van der Waals surface area contributed by atoms with Gasteiger partial charge in [0.1, 0.15) is 5.60 Å². The molecule has 140 valence electrons. The number of carbonyl (C=O) groups is 1.